The van der Waals surface area contributed by atoms with Crippen LogP contribution in [0, 0.1) is 5.82 Å². The Morgan fingerprint density at radius 3 is 2.53 bits per heavy atom. The molecule has 0 amide bonds. The highest BCUT2D eigenvalue weighted by atomic mass is 32.2. The van der Waals surface area contributed by atoms with Crippen LogP contribution in [0.4, 0.5) is 4.39 Å². The Bertz CT molecular complexity index is 329. The van der Waals surface area contributed by atoms with Gasteiger partial charge in [-0.3, -0.25) is 0 Å². The maximum absolute atomic E-state index is 13.6. The SMILES string of the molecule is CSc1ccc(C2CCCCC2)cc1F. The highest BCUT2D eigenvalue weighted by Crippen LogP contribution is 2.34. The largest absolute Gasteiger partial charge is 0.206 e. The van der Waals surface area contributed by atoms with Crippen molar-refractivity contribution in [2.24, 2.45) is 0 Å². The Morgan fingerprint density at radius 2 is 1.93 bits per heavy atom. The molecule has 0 aromatic heterocycles. The lowest BCUT2D eigenvalue weighted by Crippen LogP contribution is -2.04. The van der Waals surface area contributed by atoms with Crippen molar-refractivity contribution >= 4 is 11.8 Å². The van der Waals surface area contributed by atoms with Crippen molar-refractivity contribution in [3.8, 4) is 0 Å². The Balaban J connectivity index is 2.17. The lowest BCUT2D eigenvalue weighted by Gasteiger charge is -2.22. The van der Waals surface area contributed by atoms with E-state index in [0.29, 0.717) is 5.92 Å². The van der Waals surface area contributed by atoms with Gasteiger partial charge in [0, 0.05) is 4.90 Å². The maximum atomic E-state index is 13.6. The zero-order valence-corrected chi connectivity index (χ0v) is 9.95. The normalized spacial score (nSPS) is 18.0. The molecule has 0 unspecified atom stereocenters. The molecule has 15 heavy (non-hydrogen) atoms. The second kappa shape index (κ2) is 5.02. The molecule has 0 spiro atoms. The van der Waals surface area contributed by atoms with E-state index >= 15 is 0 Å². The van der Waals surface area contributed by atoms with Gasteiger partial charge < -0.3 is 0 Å². The van der Waals surface area contributed by atoms with Crippen LogP contribution in [0.25, 0.3) is 0 Å². The summed E-state index contributed by atoms with van der Waals surface area (Å²) in [5.74, 6) is 0.551. The van der Waals surface area contributed by atoms with E-state index in [0.717, 1.165) is 4.90 Å². The quantitative estimate of drug-likeness (QED) is 0.662. The molecule has 1 aromatic carbocycles. The van der Waals surface area contributed by atoms with Crippen LogP contribution in [0.3, 0.4) is 0 Å². The van der Waals surface area contributed by atoms with Crippen molar-refractivity contribution in [3.05, 3.63) is 29.6 Å². The second-order valence-corrected chi connectivity index (χ2v) is 5.08. The Hall–Kier alpha value is -0.500. The molecule has 0 aliphatic heterocycles. The van der Waals surface area contributed by atoms with Gasteiger partial charge in [-0.1, -0.05) is 25.3 Å². The van der Waals surface area contributed by atoms with Gasteiger partial charge in [0.25, 0.3) is 0 Å². The fraction of sp³-hybridized carbons (Fsp3) is 0.538. The van der Waals surface area contributed by atoms with Crippen LogP contribution in [0.2, 0.25) is 0 Å². The summed E-state index contributed by atoms with van der Waals surface area (Å²) >= 11 is 1.48. The van der Waals surface area contributed by atoms with Crippen LogP contribution in [0.15, 0.2) is 23.1 Å². The molecule has 0 bridgehead atoms. The number of thioether (sulfide) groups is 1. The minimum atomic E-state index is -0.0504. The monoisotopic (exact) mass is 224 g/mol. The summed E-state index contributed by atoms with van der Waals surface area (Å²) in [4.78, 5) is 0.759. The number of halogens is 1. The summed E-state index contributed by atoms with van der Waals surface area (Å²) in [7, 11) is 0. The van der Waals surface area contributed by atoms with Crippen molar-refractivity contribution in [1.82, 2.24) is 0 Å². The molecule has 0 nitrogen and oxygen atoms in total. The van der Waals surface area contributed by atoms with E-state index in [4.69, 9.17) is 0 Å². The van der Waals surface area contributed by atoms with Crippen LogP contribution < -0.4 is 0 Å². The number of benzene rings is 1. The third-order valence-corrected chi connectivity index (χ3v) is 4.02. The number of rotatable bonds is 2. The predicted molar refractivity (Wildman–Crippen MR) is 64.0 cm³/mol. The van der Waals surface area contributed by atoms with Gasteiger partial charge in [0.2, 0.25) is 0 Å². The van der Waals surface area contributed by atoms with Gasteiger partial charge in [-0.15, -0.1) is 11.8 Å². The van der Waals surface area contributed by atoms with Gasteiger partial charge in [0.1, 0.15) is 5.82 Å². The van der Waals surface area contributed by atoms with E-state index < -0.39 is 0 Å². The van der Waals surface area contributed by atoms with Crippen LogP contribution in [-0.2, 0) is 0 Å². The smallest absolute Gasteiger partial charge is 0.137 e. The average Bonchev–Trinajstić information content (AvgIpc) is 2.30. The Kier molecular flexibility index (Phi) is 3.68. The molecule has 1 aliphatic carbocycles. The third-order valence-electron chi connectivity index (χ3n) is 3.25. The highest BCUT2D eigenvalue weighted by molar-refractivity contribution is 7.98. The Morgan fingerprint density at radius 1 is 1.20 bits per heavy atom. The summed E-state index contributed by atoms with van der Waals surface area (Å²) in [6.07, 6.45) is 8.34. The van der Waals surface area contributed by atoms with Crippen molar-refractivity contribution in [2.75, 3.05) is 6.26 Å². The standard InChI is InChI=1S/C13H17FS/c1-15-13-8-7-11(9-12(13)14)10-5-3-2-4-6-10/h7-10H,2-6H2,1H3. The summed E-state index contributed by atoms with van der Waals surface area (Å²) in [5, 5.41) is 0. The first-order valence-corrected chi connectivity index (χ1v) is 6.87. The van der Waals surface area contributed by atoms with Gasteiger partial charge in [-0.25, -0.2) is 4.39 Å². The number of hydrogen-bond acceptors (Lipinski definition) is 1. The second-order valence-electron chi connectivity index (χ2n) is 4.23. The average molecular weight is 224 g/mol. The van der Waals surface area contributed by atoms with E-state index in [1.807, 2.05) is 12.3 Å². The lowest BCUT2D eigenvalue weighted by molar-refractivity contribution is 0.441. The summed E-state index contributed by atoms with van der Waals surface area (Å²) < 4.78 is 13.6. The van der Waals surface area contributed by atoms with E-state index in [1.54, 1.807) is 6.07 Å². The molecular formula is C13H17FS. The van der Waals surface area contributed by atoms with Crippen molar-refractivity contribution in [3.63, 3.8) is 0 Å². The number of hydrogen-bond donors (Lipinski definition) is 0. The van der Waals surface area contributed by atoms with Crippen molar-refractivity contribution in [1.29, 1.82) is 0 Å². The van der Waals surface area contributed by atoms with Gasteiger partial charge in [-0.2, -0.15) is 0 Å². The van der Waals surface area contributed by atoms with Crippen LogP contribution in [0.5, 0.6) is 0 Å². The molecular weight excluding hydrogens is 207 g/mol. The first-order chi connectivity index (χ1) is 7.31. The molecule has 2 rings (SSSR count). The van der Waals surface area contributed by atoms with E-state index in [2.05, 4.69) is 6.07 Å². The van der Waals surface area contributed by atoms with Gasteiger partial charge >= 0.3 is 0 Å². The van der Waals surface area contributed by atoms with E-state index in [1.165, 1.54) is 49.4 Å². The molecule has 1 fully saturated rings. The molecule has 1 aliphatic rings. The summed E-state index contributed by atoms with van der Waals surface area (Å²) in [6, 6.07) is 5.76. The van der Waals surface area contributed by atoms with Crippen molar-refractivity contribution in [2.45, 2.75) is 42.9 Å². The maximum Gasteiger partial charge on any atom is 0.137 e. The summed E-state index contributed by atoms with van der Waals surface area (Å²) in [5.41, 5.74) is 1.20. The van der Waals surface area contributed by atoms with E-state index in [9.17, 15) is 4.39 Å². The van der Waals surface area contributed by atoms with Crippen LogP contribution >= 0.6 is 11.8 Å². The molecule has 0 N–H and O–H groups in total. The molecule has 82 valence electrons. The fourth-order valence-corrected chi connectivity index (χ4v) is 2.83. The van der Waals surface area contributed by atoms with Gasteiger partial charge in [0.05, 0.1) is 0 Å². The molecule has 0 saturated heterocycles. The molecule has 1 saturated carbocycles. The predicted octanol–water partition coefficient (Wildman–Crippen LogP) is 4.60. The van der Waals surface area contributed by atoms with Crippen molar-refractivity contribution < 1.29 is 4.39 Å². The molecule has 2 heteroatoms. The minimum absolute atomic E-state index is 0.0504. The third kappa shape index (κ3) is 2.54. The van der Waals surface area contributed by atoms with Crippen LogP contribution in [-0.4, -0.2) is 6.26 Å². The molecule has 0 radical (unpaired) electrons. The van der Waals surface area contributed by atoms with Gasteiger partial charge in [0.15, 0.2) is 0 Å². The Labute approximate surface area is 95.3 Å². The zero-order chi connectivity index (χ0) is 10.7. The fourth-order valence-electron chi connectivity index (χ4n) is 2.37. The van der Waals surface area contributed by atoms with Gasteiger partial charge in [-0.05, 0) is 42.7 Å². The van der Waals surface area contributed by atoms with E-state index in [-0.39, 0.29) is 5.82 Å². The molecule has 0 heterocycles. The summed E-state index contributed by atoms with van der Waals surface area (Å²) in [6.45, 7) is 0. The highest BCUT2D eigenvalue weighted by Gasteiger charge is 2.16. The lowest BCUT2D eigenvalue weighted by atomic mass is 9.84. The topological polar surface area (TPSA) is 0 Å². The first-order valence-electron chi connectivity index (χ1n) is 5.64. The van der Waals surface area contributed by atoms with Crippen LogP contribution in [0.1, 0.15) is 43.6 Å². The molecule has 0 atom stereocenters. The first kappa shape index (κ1) is 11.0. The zero-order valence-electron chi connectivity index (χ0n) is 9.13. The molecule has 1 aromatic rings. The minimum Gasteiger partial charge on any atom is -0.206 e.